The van der Waals surface area contributed by atoms with E-state index >= 15 is 0 Å². The number of anilines is 1. The minimum Gasteiger partial charge on any atom is -0.493 e. The highest BCUT2D eigenvalue weighted by atomic mass is 16.5. The van der Waals surface area contributed by atoms with Gasteiger partial charge >= 0.3 is 0 Å². The van der Waals surface area contributed by atoms with Gasteiger partial charge in [0.1, 0.15) is 11.6 Å². The number of hydrogen-bond acceptors (Lipinski definition) is 3. The highest BCUT2D eigenvalue weighted by Crippen LogP contribution is 2.29. The summed E-state index contributed by atoms with van der Waals surface area (Å²) in [7, 11) is 0. The van der Waals surface area contributed by atoms with Gasteiger partial charge in [-0.1, -0.05) is 43.3 Å². The van der Waals surface area contributed by atoms with Crippen LogP contribution < -0.4 is 10.1 Å². The zero-order chi connectivity index (χ0) is 15.2. The molecule has 22 heavy (non-hydrogen) atoms. The Hall–Kier alpha value is -2.55. The van der Waals surface area contributed by atoms with Crippen LogP contribution in [0.4, 0.5) is 5.82 Å². The molecule has 1 heterocycles. The van der Waals surface area contributed by atoms with E-state index in [1.165, 1.54) is 16.3 Å². The summed E-state index contributed by atoms with van der Waals surface area (Å²) in [5.74, 6) is 1.82. The first-order valence-corrected chi connectivity index (χ1v) is 7.67. The Morgan fingerprint density at radius 2 is 1.86 bits per heavy atom. The third-order valence-corrected chi connectivity index (χ3v) is 3.57. The fourth-order valence-corrected chi connectivity index (χ4v) is 2.49. The molecule has 0 aliphatic rings. The first kappa shape index (κ1) is 14.4. The van der Waals surface area contributed by atoms with Crippen molar-refractivity contribution in [1.82, 2.24) is 4.98 Å². The van der Waals surface area contributed by atoms with E-state index in [0.717, 1.165) is 24.6 Å². The number of ether oxygens (including phenoxy) is 1. The second-order valence-corrected chi connectivity index (χ2v) is 5.18. The SMILES string of the molecule is CCCOc1ccc2ccccc2c1CNc1ccccn1. The summed E-state index contributed by atoms with van der Waals surface area (Å²) in [5, 5.41) is 5.83. The molecule has 1 N–H and O–H groups in total. The van der Waals surface area contributed by atoms with Crippen LogP contribution in [0.15, 0.2) is 60.8 Å². The smallest absolute Gasteiger partial charge is 0.126 e. The predicted octanol–water partition coefficient (Wildman–Crippen LogP) is 4.64. The Kier molecular flexibility index (Phi) is 4.54. The summed E-state index contributed by atoms with van der Waals surface area (Å²) in [6, 6.07) is 18.4. The van der Waals surface area contributed by atoms with Gasteiger partial charge in [0, 0.05) is 18.3 Å². The quantitative estimate of drug-likeness (QED) is 0.719. The van der Waals surface area contributed by atoms with Crippen LogP contribution in [0, 0.1) is 0 Å². The van der Waals surface area contributed by atoms with Crippen molar-refractivity contribution in [2.75, 3.05) is 11.9 Å². The molecule has 0 bridgehead atoms. The zero-order valence-corrected chi connectivity index (χ0v) is 12.8. The summed E-state index contributed by atoms with van der Waals surface area (Å²) in [5.41, 5.74) is 1.18. The van der Waals surface area contributed by atoms with Gasteiger partial charge < -0.3 is 10.1 Å². The molecule has 3 nitrogen and oxygen atoms in total. The monoisotopic (exact) mass is 292 g/mol. The van der Waals surface area contributed by atoms with E-state index in [9.17, 15) is 0 Å². The third kappa shape index (κ3) is 3.19. The number of pyridine rings is 1. The number of nitrogens with zero attached hydrogens (tertiary/aromatic N) is 1. The van der Waals surface area contributed by atoms with Gasteiger partial charge in [0.25, 0.3) is 0 Å². The molecule has 0 aliphatic heterocycles. The average molecular weight is 292 g/mol. The lowest BCUT2D eigenvalue weighted by atomic mass is 10.0. The van der Waals surface area contributed by atoms with Crippen molar-refractivity contribution < 1.29 is 4.74 Å². The number of nitrogens with one attached hydrogen (secondary N) is 1. The normalized spacial score (nSPS) is 10.6. The van der Waals surface area contributed by atoms with Gasteiger partial charge in [-0.25, -0.2) is 4.98 Å². The molecule has 0 aliphatic carbocycles. The van der Waals surface area contributed by atoms with Crippen molar-refractivity contribution in [2.45, 2.75) is 19.9 Å². The molecule has 0 saturated carbocycles. The van der Waals surface area contributed by atoms with E-state index < -0.39 is 0 Å². The van der Waals surface area contributed by atoms with Crippen LogP contribution in [0.5, 0.6) is 5.75 Å². The van der Waals surface area contributed by atoms with Gasteiger partial charge in [-0.15, -0.1) is 0 Å². The highest BCUT2D eigenvalue weighted by Gasteiger charge is 2.09. The van der Waals surface area contributed by atoms with Gasteiger partial charge in [0.15, 0.2) is 0 Å². The summed E-state index contributed by atoms with van der Waals surface area (Å²) >= 11 is 0. The molecule has 0 atom stereocenters. The van der Waals surface area contributed by atoms with Gasteiger partial charge in [0.2, 0.25) is 0 Å². The van der Waals surface area contributed by atoms with Gasteiger partial charge in [-0.05, 0) is 35.4 Å². The average Bonchev–Trinajstić information content (AvgIpc) is 2.59. The molecule has 0 fully saturated rings. The van der Waals surface area contributed by atoms with Crippen LogP contribution in [-0.4, -0.2) is 11.6 Å². The molecule has 1 aromatic heterocycles. The molecule has 3 aromatic rings. The summed E-state index contributed by atoms with van der Waals surface area (Å²) in [6.07, 6.45) is 2.79. The van der Waals surface area contributed by atoms with Crippen LogP contribution in [0.3, 0.4) is 0 Å². The maximum absolute atomic E-state index is 5.92. The molecule has 3 rings (SSSR count). The standard InChI is InChI=1S/C19H20N2O/c1-2-13-22-18-11-10-15-7-3-4-8-16(15)17(18)14-21-19-9-5-6-12-20-19/h3-12H,2,13-14H2,1H3,(H,20,21). The first-order valence-electron chi connectivity index (χ1n) is 7.67. The Morgan fingerprint density at radius 3 is 2.68 bits per heavy atom. The van der Waals surface area contributed by atoms with Crippen molar-refractivity contribution in [3.05, 3.63) is 66.4 Å². The molecule has 3 heteroatoms. The van der Waals surface area contributed by atoms with Gasteiger partial charge in [0.05, 0.1) is 6.61 Å². The fraction of sp³-hybridized carbons (Fsp3) is 0.211. The minimum atomic E-state index is 0.692. The van der Waals surface area contributed by atoms with E-state index in [1.54, 1.807) is 6.20 Å². The van der Waals surface area contributed by atoms with Gasteiger partial charge in [-0.2, -0.15) is 0 Å². The van der Waals surface area contributed by atoms with Crippen molar-refractivity contribution >= 4 is 16.6 Å². The fourth-order valence-electron chi connectivity index (χ4n) is 2.49. The lowest BCUT2D eigenvalue weighted by Gasteiger charge is -2.15. The predicted molar refractivity (Wildman–Crippen MR) is 91.3 cm³/mol. The number of fused-ring (bicyclic) bond motifs is 1. The van der Waals surface area contributed by atoms with Crippen molar-refractivity contribution in [2.24, 2.45) is 0 Å². The van der Waals surface area contributed by atoms with Crippen LogP contribution >= 0.6 is 0 Å². The second-order valence-electron chi connectivity index (χ2n) is 5.18. The van der Waals surface area contributed by atoms with E-state index in [4.69, 9.17) is 4.74 Å². The first-order chi connectivity index (χ1) is 10.9. The molecule has 0 unspecified atom stereocenters. The lowest BCUT2D eigenvalue weighted by Crippen LogP contribution is -2.05. The van der Waals surface area contributed by atoms with E-state index in [0.29, 0.717) is 6.54 Å². The molecule has 0 amide bonds. The van der Waals surface area contributed by atoms with Crippen LogP contribution in [0.2, 0.25) is 0 Å². The Morgan fingerprint density at radius 1 is 1.00 bits per heavy atom. The second kappa shape index (κ2) is 6.94. The molecule has 112 valence electrons. The topological polar surface area (TPSA) is 34.1 Å². The van der Waals surface area contributed by atoms with Crippen LogP contribution in [0.25, 0.3) is 10.8 Å². The molecule has 0 radical (unpaired) electrons. The van der Waals surface area contributed by atoms with Crippen molar-refractivity contribution in [3.63, 3.8) is 0 Å². The largest absolute Gasteiger partial charge is 0.493 e. The minimum absolute atomic E-state index is 0.692. The number of rotatable bonds is 6. The molecular weight excluding hydrogens is 272 g/mol. The molecule has 0 saturated heterocycles. The maximum Gasteiger partial charge on any atom is 0.126 e. The Bertz CT molecular complexity index is 741. The molecule has 2 aromatic carbocycles. The summed E-state index contributed by atoms with van der Waals surface area (Å²) in [6.45, 7) is 3.54. The highest BCUT2D eigenvalue weighted by molar-refractivity contribution is 5.88. The zero-order valence-electron chi connectivity index (χ0n) is 12.8. The van der Waals surface area contributed by atoms with E-state index in [-0.39, 0.29) is 0 Å². The molecular formula is C19H20N2O. The Labute approximate surface area is 131 Å². The van der Waals surface area contributed by atoms with Crippen LogP contribution in [0.1, 0.15) is 18.9 Å². The summed E-state index contributed by atoms with van der Waals surface area (Å²) < 4.78 is 5.92. The number of hydrogen-bond donors (Lipinski definition) is 1. The van der Waals surface area contributed by atoms with E-state index in [2.05, 4.69) is 53.6 Å². The third-order valence-electron chi connectivity index (χ3n) is 3.57. The maximum atomic E-state index is 5.92. The van der Waals surface area contributed by atoms with Crippen LogP contribution in [-0.2, 0) is 6.54 Å². The van der Waals surface area contributed by atoms with Gasteiger partial charge in [-0.3, -0.25) is 0 Å². The number of benzene rings is 2. The van der Waals surface area contributed by atoms with E-state index in [1.807, 2.05) is 18.2 Å². The Balaban J connectivity index is 1.93. The molecule has 0 spiro atoms. The lowest BCUT2D eigenvalue weighted by molar-refractivity contribution is 0.315. The van der Waals surface area contributed by atoms with Crippen molar-refractivity contribution in [3.8, 4) is 5.75 Å². The summed E-state index contributed by atoms with van der Waals surface area (Å²) in [4.78, 5) is 4.31. The van der Waals surface area contributed by atoms with Crippen molar-refractivity contribution in [1.29, 1.82) is 0 Å². The number of aromatic nitrogens is 1.